The number of nitrogens with one attached hydrogen (secondary N) is 1. The summed E-state index contributed by atoms with van der Waals surface area (Å²) in [5.74, 6) is 2.16. The molecule has 1 N–H and O–H groups in total. The van der Waals surface area contributed by atoms with Gasteiger partial charge in [-0.3, -0.25) is 9.67 Å². The summed E-state index contributed by atoms with van der Waals surface area (Å²) in [4.78, 5) is 17.9. The van der Waals surface area contributed by atoms with Gasteiger partial charge in [-0.25, -0.2) is 19.6 Å². The van der Waals surface area contributed by atoms with Gasteiger partial charge in [0.05, 0.1) is 17.6 Å². The number of aryl methyl sites for hydroxylation is 2. The van der Waals surface area contributed by atoms with E-state index in [0.717, 1.165) is 29.0 Å². The lowest BCUT2D eigenvalue weighted by atomic mass is 10.2. The third-order valence-corrected chi connectivity index (χ3v) is 4.20. The summed E-state index contributed by atoms with van der Waals surface area (Å²) >= 11 is 0. The summed E-state index contributed by atoms with van der Waals surface area (Å²) in [6.45, 7) is 4.83. The molecule has 0 fully saturated rings. The number of hydrogen-bond donors (Lipinski definition) is 1. The van der Waals surface area contributed by atoms with Crippen LogP contribution in [-0.4, -0.2) is 39.5 Å². The quantitative estimate of drug-likeness (QED) is 0.589. The fraction of sp³-hybridized carbons (Fsp3) is 0.294. The topological polar surface area (TPSA) is 99.2 Å². The van der Waals surface area contributed by atoms with Gasteiger partial charge in [-0.05, 0) is 26.0 Å². The highest BCUT2D eigenvalue weighted by Gasteiger charge is 2.18. The number of aromatic nitrogens is 8. The molecule has 0 aromatic carbocycles. The Morgan fingerprint density at radius 1 is 1.19 bits per heavy atom. The highest BCUT2D eigenvalue weighted by molar-refractivity contribution is 5.88. The minimum absolute atomic E-state index is 0.0718. The molecule has 0 aliphatic heterocycles. The van der Waals surface area contributed by atoms with Crippen LogP contribution in [0.3, 0.4) is 0 Å². The molecule has 0 saturated heterocycles. The van der Waals surface area contributed by atoms with Crippen molar-refractivity contribution in [3.8, 4) is 11.4 Å². The highest BCUT2D eigenvalue weighted by atomic mass is 15.3. The predicted molar refractivity (Wildman–Crippen MR) is 97.3 cm³/mol. The molecule has 0 spiro atoms. The van der Waals surface area contributed by atoms with E-state index in [1.54, 1.807) is 29.6 Å². The van der Waals surface area contributed by atoms with Crippen molar-refractivity contribution in [3.63, 3.8) is 0 Å². The fourth-order valence-electron chi connectivity index (χ4n) is 2.88. The van der Waals surface area contributed by atoms with Crippen molar-refractivity contribution in [2.75, 3.05) is 5.32 Å². The van der Waals surface area contributed by atoms with Gasteiger partial charge in [0.1, 0.15) is 18.0 Å². The second-order valence-corrected chi connectivity index (χ2v) is 5.94. The van der Waals surface area contributed by atoms with Crippen molar-refractivity contribution < 1.29 is 0 Å². The van der Waals surface area contributed by atoms with E-state index in [4.69, 9.17) is 4.98 Å². The minimum Gasteiger partial charge on any atom is -0.360 e. The Labute approximate surface area is 150 Å². The molecule has 4 aromatic rings. The van der Waals surface area contributed by atoms with Crippen molar-refractivity contribution in [2.45, 2.75) is 26.4 Å². The molecule has 4 rings (SSSR count). The molecule has 4 heterocycles. The highest BCUT2D eigenvalue weighted by Crippen LogP contribution is 2.26. The Hall–Kier alpha value is -3.36. The summed E-state index contributed by atoms with van der Waals surface area (Å²) in [7, 11) is 1.86. The van der Waals surface area contributed by atoms with Gasteiger partial charge in [-0.1, -0.05) is 0 Å². The maximum absolute atomic E-state index is 4.72. The monoisotopic (exact) mass is 349 g/mol. The zero-order chi connectivity index (χ0) is 18.1. The molecule has 0 radical (unpaired) electrons. The van der Waals surface area contributed by atoms with Crippen LogP contribution in [0, 0.1) is 0 Å². The second kappa shape index (κ2) is 6.51. The maximum atomic E-state index is 4.72. The van der Waals surface area contributed by atoms with Crippen LogP contribution >= 0.6 is 0 Å². The first-order valence-corrected chi connectivity index (χ1v) is 8.41. The van der Waals surface area contributed by atoms with Gasteiger partial charge in [0.15, 0.2) is 11.5 Å². The molecule has 132 valence electrons. The first-order valence-electron chi connectivity index (χ1n) is 8.41. The van der Waals surface area contributed by atoms with E-state index in [9.17, 15) is 0 Å². The molecule has 0 saturated carbocycles. The van der Waals surface area contributed by atoms with Crippen molar-refractivity contribution in [1.82, 2.24) is 39.5 Å². The third-order valence-electron chi connectivity index (χ3n) is 4.20. The number of hydrogen-bond acceptors (Lipinski definition) is 7. The SMILES string of the molecule is CCn1ncnc1C(C)Nc1nc(-c2cccnc2)nc2c1cnn2C. The van der Waals surface area contributed by atoms with Crippen LogP contribution < -0.4 is 5.32 Å². The Balaban J connectivity index is 1.78. The Morgan fingerprint density at radius 2 is 2.08 bits per heavy atom. The van der Waals surface area contributed by atoms with E-state index < -0.39 is 0 Å². The summed E-state index contributed by atoms with van der Waals surface area (Å²) in [5, 5.41) is 12.9. The number of fused-ring (bicyclic) bond motifs is 1. The normalized spacial score (nSPS) is 12.4. The van der Waals surface area contributed by atoms with Crippen LogP contribution in [0.15, 0.2) is 37.1 Å². The van der Waals surface area contributed by atoms with Crippen LogP contribution in [0.25, 0.3) is 22.4 Å². The first-order chi connectivity index (χ1) is 12.7. The Kier molecular flexibility index (Phi) is 4.04. The van der Waals surface area contributed by atoms with Gasteiger partial charge in [0.2, 0.25) is 0 Å². The van der Waals surface area contributed by atoms with E-state index in [-0.39, 0.29) is 6.04 Å². The lowest BCUT2D eigenvalue weighted by Gasteiger charge is -2.15. The van der Waals surface area contributed by atoms with Crippen LogP contribution in [-0.2, 0) is 13.6 Å². The fourth-order valence-corrected chi connectivity index (χ4v) is 2.88. The van der Waals surface area contributed by atoms with Gasteiger partial charge >= 0.3 is 0 Å². The number of nitrogens with zero attached hydrogens (tertiary/aromatic N) is 8. The van der Waals surface area contributed by atoms with E-state index in [1.807, 2.05) is 37.7 Å². The number of rotatable bonds is 5. The molecule has 0 bridgehead atoms. The van der Waals surface area contributed by atoms with Crippen LogP contribution in [0.2, 0.25) is 0 Å². The van der Waals surface area contributed by atoms with Crippen molar-refractivity contribution >= 4 is 16.9 Å². The van der Waals surface area contributed by atoms with Gasteiger partial charge in [-0.15, -0.1) is 0 Å². The Morgan fingerprint density at radius 3 is 2.85 bits per heavy atom. The van der Waals surface area contributed by atoms with Gasteiger partial charge < -0.3 is 5.32 Å². The lowest BCUT2D eigenvalue weighted by molar-refractivity contribution is 0.592. The zero-order valence-corrected chi connectivity index (χ0v) is 14.8. The van der Waals surface area contributed by atoms with Crippen LogP contribution in [0.1, 0.15) is 25.7 Å². The van der Waals surface area contributed by atoms with E-state index in [0.29, 0.717) is 11.6 Å². The standard InChI is InChI=1S/C17H19N9/c1-4-26-16(19-10-21-26)11(2)22-15-13-9-20-25(3)17(13)24-14(23-15)12-6-5-7-18-8-12/h5-11H,4H2,1-3H3,(H,22,23,24). The average molecular weight is 349 g/mol. The number of pyridine rings is 1. The first kappa shape index (κ1) is 16.1. The van der Waals surface area contributed by atoms with E-state index in [2.05, 4.69) is 30.5 Å². The molecule has 1 unspecified atom stereocenters. The summed E-state index contributed by atoms with van der Waals surface area (Å²) < 4.78 is 3.60. The summed E-state index contributed by atoms with van der Waals surface area (Å²) in [5.41, 5.74) is 1.61. The number of anilines is 1. The minimum atomic E-state index is -0.0718. The van der Waals surface area contributed by atoms with E-state index >= 15 is 0 Å². The molecule has 0 amide bonds. The molecule has 9 nitrogen and oxygen atoms in total. The second-order valence-electron chi connectivity index (χ2n) is 5.94. The zero-order valence-electron chi connectivity index (χ0n) is 14.8. The predicted octanol–water partition coefficient (Wildman–Crippen LogP) is 2.21. The van der Waals surface area contributed by atoms with Crippen molar-refractivity contribution in [2.24, 2.45) is 7.05 Å². The van der Waals surface area contributed by atoms with Gasteiger partial charge in [0, 0.05) is 31.5 Å². The molecule has 4 aromatic heterocycles. The molecular weight excluding hydrogens is 330 g/mol. The largest absolute Gasteiger partial charge is 0.360 e. The lowest BCUT2D eigenvalue weighted by Crippen LogP contribution is -2.15. The van der Waals surface area contributed by atoms with Crippen LogP contribution in [0.4, 0.5) is 5.82 Å². The maximum Gasteiger partial charge on any atom is 0.165 e. The van der Waals surface area contributed by atoms with Gasteiger partial charge in [-0.2, -0.15) is 10.2 Å². The van der Waals surface area contributed by atoms with Crippen LogP contribution in [0.5, 0.6) is 0 Å². The molecular formula is C17H19N9. The molecule has 0 aliphatic carbocycles. The third kappa shape index (κ3) is 2.77. The molecule has 26 heavy (non-hydrogen) atoms. The molecule has 9 heteroatoms. The Bertz CT molecular complexity index is 1040. The van der Waals surface area contributed by atoms with Crippen molar-refractivity contribution in [1.29, 1.82) is 0 Å². The smallest absolute Gasteiger partial charge is 0.165 e. The average Bonchev–Trinajstić information content (AvgIpc) is 3.29. The molecule has 1 atom stereocenters. The summed E-state index contributed by atoms with van der Waals surface area (Å²) in [6.07, 6.45) is 6.81. The van der Waals surface area contributed by atoms with E-state index in [1.165, 1.54) is 0 Å². The summed E-state index contributed by atoms with van der Waals surface area (Å²) in [6, 6.07) is 3.73. The van der Waals surface area contributed by atoms with Gasteiger partial charge in [0.25, 0.3) is 0 Å². The van der Waals surface area contributed by atoms with Crippen molar-refractivity contribution in [3.05, 3.63) is 42.9 Å². The molecule has 0 aliphatic rings.